The van der Waals surface area contributed by atoms with Crippen molar-refractivity contribution in [3.8, 4) is 0 Å². The Balaban J connectivity index is 3.61. The van der Waals surface area contributed by atoms with Crippen molar-refractivity contribution in [1.82, 2.24) is 0 Å². The van der Waals surface area contributed by atoms with Crippen LogP contribution in [0.15, 0.2) is 4.90 Å². The number of thiophene rings is 1. The minimum atomic E-state index is -4.78. The zero-order chi connectivity index (χ0) is 10.2. The van der Waals surface area contributed by atoms with Gasteiger partial charge in [0, 0.05) is 15.3 Å². The maximum Gasteiger partial charge on any atom is 0.333 e. The summed E-state index contributed by atoms with van der Waals surface area (Å²) >= 11 is 1.10. The highest BCUT2D eigenvalue weighted by Crippen LogP contribution is 2.30. The van der Waals surface area contributed by atoms with Crippen LogP contribution in [-0.4, -0.2) is 14.7 Å². The van der Waals surface area contributed by atoms with Gasteiger partial charge >= 0.3 is 10.2 Å². The minimum Gasteiger partial charge on any atom is -0.298 e. The van der Waals surface area contributed by atoms with Gasteiger partial charge in [-0.15, -0.1) is 15.2 Å². The highest BCUT2D eigenvalue weighted by molar-refractivity contribution is 7.86. The molecule has 1 aromatic heterocycles. The summed E-state index contributed by atoms with van der Waals surface area (Å²) < 4.78 is 33.9. The van der Waals surface area contributed by atoms with E-state index < -0.39 is 15.1 Å². The van der Waals surface area contributed by atoms with Crippen molar-refractivity contribution in [2.24, 2.45) is 0 Å². The van der Waals surface area contributed by atoms with E-state index in [9.17, 15) is 17.1 Å². The van der Waals surface area contributed by atoms with Crippen molar-refractivity contribution in [3.63, 3.8) is 0 Å². The molecule has 0 N–H and O–H groups in total. The Bertz CT molecular complexity index is 445. The van der Waals surface area contributed by atoms with Crippen molar-refractivity contribution >= 4 is 27.8 Å². The summed E-state index contributed by atoms with van der Waals surface area (Å²) in [7, 11) is -4.78. The fraction of sp³-hybridized carbons (Fsp3) is 0.286. The van der Waals surface area contributed by atoms with Crippen molar-refractivity contribution in [2.75, 3.05) is 0 Å². The molecule has 0 aliphatic carbocycles. The number of hydrogen-bond acceptors (Lipinski definition) is 4. The van der Waals surface area contributed by atoms with E-state index in [4.69, 9.17) is 0 Å². The highest BCUT2D eigenvalue weighted by Gasteiger charge is 2.24. The molecule has 3 nitrogen and oxygen atoms in total. The van der Waals surface area contributed by atoms with Gasteiger partial charge < -0.3 is 0 Å². The number of halogens is 1. The topological polar surface area (TPSA) is 51.2 Å². The molecule has 1 aromatic rings. The number of aldehydes is 1. The summed E-state index contributed by atoms with van der Waals surface area (Å²) in [6.07, 6.45) is 0.366. The van der Waals surface area contributed by atoms with Gasteiger partial charge in [0.15, 0.2) is 6.29 Å². The molecule has 1 heterocycles. The fourth-order valence-corrected chi connectivity index (χ4v) is 3.34. The predicted molar refractivity (Wildman–Crippen MR) is 47.5 cm³/mol. The summed E-state index contributed by atoms with van der Waals surface area (Å²) in [5.41, 5.74) is -0.0648. The fourth-order valence-electron chi connectivity index (χ4n) is 1.12. The summed E-state index contributed by atoms with van der Waals surface area (Å²) in [6.45, 7) is 3.05. The third-order valence-corrected chi connectivity index (χ3v) is 3.79. The van der Waals surface area contributed by atoms with Gasteiger partial charge in [0.05, 0.1) is 0 Å². The van der Waals surface area contributed by atoms with E-state index in [1.165, 1.54) is 6.92 Å². The Morgan fingerprint density at radius 3 is 2.15 bits per heavy atom. The van der Waals surface area contributed by atoms with Crippen LogP contribution in [0.5, 0.6) is 0 Å². The third-order valence-electron chi connectivity index (χ3n) is 1.61. The zero-order valence-electron chi connectivity index (χ0n) is 7.00. The Labute approximate surface area is 79.4 Å². The second kappa shape index (κ2) is 3.19. The van der Waals surface area contributed by atoms with Gasteiger partial charge in [-0.1, -0.05) is 0 Å². The van der Waals surface area contributed by atoms with Crippen molar-refractivity contribution < 1.29 is 17.1 Å². The SMILES string of the molecule is Cc1sc(C)c(S(=O)(=O)F)c1C=O. The Kier molecular flexibility index (Phi) is 2.53. The summed E-state index contributed by atoms with van der Waals surface area (Å²) in [5, 5.41) is 0. The standard InChI is InChI=1S/C7H7FO3S2/c1-4-6(3-9)7(5(2)12-4)13(8,10)11/h3H,1-2H3. The first-order chi connectivity index (χ1) is 5.88. The molecule has 0 radical (unpaired) electrons. The molecular formula is C7H7FO3S2. The van der Waals surface area contributed by atoms with Crippen LogP contribution in [0.1, 0.15) is 20.1 Å². The zero-order valence-corrected chi connectivity index (χ0v) is 8.63. The number of carbonyl (C=O) groups is 1. The smallest absolute Gasteiger partial charge is 0.298 e. The Morgan fingerprint density at radius 2 is 1.85 bits per heavy atom. The van der Waals surface area contributed by atoms with E-state index in [-0.39, 0.29) is 5.56 Å². The molecule has 0 atom stereocenters. The third kappa shape index (κ3) is 1.78. The quantitative estimate of drug-likeness (QED) is 0.566. The average molecular weight is 222 g/mol. The molecule has 1 rings (SSSR count). The van der Waals surface area contributed by atoms with Crippen LogP contribution in [0, 0.1) is 13.8 Å². The van der Waals surface area contributed by atoms with E-state index >= 15 is 0 Å². The average Bonchev–Trinajstić information content (AvgIpc) is 2.23. The Morgan fingerprint density at radius 1 is 1.31 bits per heavy atom. The van der Waals surface area contributed by atoms with E-state index in [0.717, 1.165) is 11.3 Å². The number of rotatable bonds is 2. The molecule has 0 aliphatic rings. The lowest BCUT2D eigenvalue weighted by molar-refractivity contribution is 0.112. The molecule has 0 amide bonds. The van der Waals surface area contributed by atoms with Gasteiger partial charge in [-0.2, -0.15) is 8.42 Å². The van der Waals surface area contributed by atoms with Gasteiger partial charge in [0.1, 0.15) is 4.90 Å². The molecule has 0 unspecified atom stereocenters. The van der Waals surface area contributed by atoms with Gasteiger partial charge in [-0.25, -0.2) is 0 Å². The van der Waals surface area contributed by atoms with Crippen molar-refractivity contribution in [3.05, 3.63) is 15.3 Å². The summed E-state index contributed by atoms with van der Waals surface area (Å²) in [4.78, 5) is 10.8. The largest absolute Gasteiger partial charge is 0.333 e. The molecular weight excluding hydrogens is 215 g/mol. The predicted octanol–water partition coefficient (Wildman–Crippen LogP) is 1.84. The lowest BCUT2D eigenvalue weighted by Gasteiger charge is -1.93. The summed E-state index contributed by atoms with van der Waals surface area (Å²) in [5.74, 6) is 0. The maximum atomic E-state index is 12.7. The van der Waals surface area contributed by atoms with Crippen LogP contribution in [0.4, 0.5) is 3.89 Å². The molecule has 13 heavy (non-hydrogen) atoms. The molecule has 0 spiro atoms. The molecule has 0 aromatic carbocycles. The molecule has 0 aliphatic heterocycles. The van der Waals surface area contributed by atoms with Crippen LogP contribution in [-0.2, 0) is 10.2 Å². The van der Waals surface area contributed by atoms with E-state index in [0.29, 0.717) is 16.0 Å². The van der Waals surface area contributed by atoms with Gasteiger partial charge in [0.25, 0.3) is 0 Å². The summed E-state index contributed by atoms with van der Waals surface area (Å²) in [6, 6.07) is 0. The second-order valence-electron chi connectivity index (χ2n) is 2.51. The van der Waals surface area contributed by atoms with Gasteiger partial charge in [0.2, 0.25) is 0 Å². The first kappa shape index (κ1) is 10.3. The molecule has 6 heteroatoms. The van der Waals surface area contributed by atoms with Gasteiger partial charge in [-0.3, -0.25) is 4.79 Å². The van der Waals surface area contributed by atoms with Crippen LogP contribution in [0.25, 0.3) is 0 Å². The van der Waals surface area contributed by atoms with E-state index in [1.54, 1.807) is 6.92 Å². The highest BCUT2D eigenvalue weighted by atomic mass is 32.3. The monoisotopic (exact) mass is 222 g/mol. The molecule has 0 bridgehead atoms. The molecule has 0 saturated heterocycles. The van der Waals surface area contributed by atoms with Crippen LogP contribution >= 0.6 is 11.3 Å². The maximum absolute atomic E-state index is 12.7. The number of aryl methyl sites for hydroxylation is 2. The second-order valence-corrected chi connectivity index (χ2v) is 5.23. The van der Waals surface area contributed by atoms with Crippen LogP contribution in [0.2, 0.25) is 0 Å². The van der Waals surface area contributed by atoms with Crippen LogP contribution in [0.3, 0.4) is 0 Å². The van der Waals surface area contributed by atoms with E-state index in [2.05, 4.69) is 0 Å². The molecule has 72 valence electrons. The first-order valence-corrected chi connectivity index (χ1v) is 5.57. The number of carbonyl (C=O) groups excluding carboxylic acids is 1. The molecule has 0 saturated carbocycles. The first-order valence-electron chi connectivity index (χ1n) is 3.37. The van der Waals surface area contributed by atoms with E-state index in [1.807, 2.05) is 0 Å². The molecule has 0 fully saturated rings. The lowest BCUT2D eigenvalue weighted by atomic mass is 10.3. The lowest BCUT2D eigenvalue weighted by Crippen LogP contribution is -1.97. The number of hydrogen-bond donors (Lipinski definition) is 0. The minimum absolute atomic E-state index is 0.0648. The van der Waals surface area contributed by atoms with Gasteiger partial charge in [-0.05, 0) is 13.8 Å². The van der Waals surface area contributed by atoms with Crippen molar-refractivity contribution in [2.45, 2.75) is 18.7 Å². The normalized spacial score (nSPS) is 11.6. The van der Waals surface area contributed by atoms with Crippen molar-refractivity contribution in [1.29, 1.82) is 0 Å². The van der Waals surface area contributed by atoms with Crippen LogP contribution < -0.4 is 0 Å². The Hall–Kier alpha value is -0.750.